The Balaban J connectivity index is 2.06. The largest absolute Gasteiger partial charge is 0.492 e. The molecule has 0 unspecified atom stereocenters. The first-order valence-corrected chi connectivity index (χ1v) is 7.00. The standard InChI is InChI=1S/C14H16ClNO5/c1-2-20-10-4-3-8(15)7-9(10)16-13(17)11-5-6-12(21-11)14(18)19/h3-4,7,11-12H,2,5-6H2,1H3,(H,16,17)(H,18,19)/t11-,12+/m0/s1. The van der Waals surface area contributed by atoms with Crippen LogP contribution in [-0.4, -0.2) is 35.8 Å². The van der Waals surface area contributed by atoms with Crippen LogP contribution in [0.4, 0.5) is 5.69 Å². The lowest BCUT2D eigenvalue weighted by Gasteiger charge is -2.15. The van der Waals surface area contributed by atoms with Gasteiger partial charge in [0.15, 0.2) is 6.10 Å². The Kier molecular flexibility index (Phi) is 5.03. The Morgan fingerprint density at radius 2 is 2.14 bits per heavy atom. The number of hydrogen-bond donors (Lipinski definition) is 2. The molecule has 1 saturated heterocycles. The van der Waals surface area contributed by atoms with Gasteiger partial charge in [0.1, 0.15) is 11.9 Å². The predicted octanol–water partition coefficient (Wildman–Crippen LogP) is 2.31. The van der Waals surface area contributed by atoms with Crippen LogP contribution >= 0.6 is 11.6 Å². The van der Waals surface area contributed by atoms with Crippen LogP contribution in [0.25, 0.3) is 0 Å². The molecule has 0 bridgehead atoms. The molecule has 1 fully saturated rings. The van der Waals surface area contributed by atoms with E-state index in [0.29, 0.717) is 35.9 Å². The third-order valence-corrected chi connectivity index (χ3v) is 3.32. The van der Waals surface area contributed by atoms with E-state index in [9.17, 15) is 9.59 Å². The number of carboxylic acids is 1. The van der Waals surface area contributed by atoms with Crippen LogP contribution in [0.15, 0.2) is 18.2 Å². The molecule has 0 saturated carbocycles. The lowest BCUT2D eigenvalue weighted by Crippen LogP contribution is -2.30. The van der Waals surface area contributed by atoms with E-state index >= 15 is 0 Å². The van der Waals surface area contributed by atoms with Gasteiger partial charge in [0.05, 0.1) is 12.3 Å². The molecule has 1 amide bonds. The summed E-state index contributed by atoms with van der Waals surface area (Å²) in [6, 6.07) is 4.90. The maximum Gasteiger partial charge on any atom is 0.332 e. The second-order valence-electron chi connectivity index (χ2n) is 4.59. The van der Waals surface area contributed by atoms with E-state index in [-0.39, 0.29) is 0 Å². The van der Waals surface area contributed by atoms with Gasteiger partial charge in [-0.3, -0.25) is 4.79 Å². The van der Waals surface area contributed by atoms with Crippen LogP contribution in [0.3, 0.4) is 0 Å². The number of carbonyl (C=O) groups is 2. The minimum Gasteiger partial charge on any atom is -0.492 e. The van der Waals surface area contributed by atoms with Gasteiger partial charge in [-0.25, -0.2) is 4.79 Å². The van der Waals surface area contributed by atoms with Crippen LogP contribution in [0.2, 0.25) is 5.02 Å². The highest BCUT2D eigenvalue weighted by Crippen LogP contribution is 2.29. The average Bonchev–Trinajstić information content (AvgIpc) is 2.92. The highest BCUT2D eigenvalue weighted by Gasteiger charge is 2.34. The normalized spacial score (nSPS) is 21.0. The van der Waals surface area contributed by atoms with Crippen molar-refractivity contribution in [3.8, 4) is 5.75 Å². The summed E-state index contributed by atoms with van der Waals surface area (Å²) in [7, 11) is 0. The van der Waals surface area contributed by atoms with Gasteiger partial charge < -0.3 is 19.9 Å². The quantitative estimate of drug-likeness (QED) is 0.871. The zero-order valence-corrected chi connectivity index (χ0v) is 12.2. The first-order chi connectivity index (χ1) is 10.0. The van der Waals surface area contributed by atoms with E-state index in [1.54, 1.807) is 18.2 Å². The summed E-state index contributed by atoms with van der Waals surface area (Å²) in [6.45, 7) is 2.28. The lowest BCUT2D eigenvalue weighted by atomic mass is 10.2. The van der Waals surface area contributed by atoms with Crippen molar-refractivity contribution >= 4 is 29.2 Å². The van der Waals surface area contributed by atoms with Crippen LogP contribution in [0.5, 0.6) is 5.75 Å². The fourth-order valence-corrected chi connectivity index (χ4v) is 2.28. The Morgan fingerprint density at radius 3 is 2.76 bits per heavy atom. The molecule has 0 aliphatic carbocycles. The zero-order valence-electron chi connectivity index (χ0n) is 11.5. The van der Waals surface area contributed by atoms with Crippen molar-refractivity contribution in [3.63, 3.8) is 0 Å². The molecule has 2 rings (SSSR count). The topological polar surface area (TPSA) is 84.9 Å². The summed E-state index contributed by atoms with van der Waals surface area (Å²) in [4.78, 5) is 22.9. The van der Waals surface area contributed by atoms with E-state index in [1.807, 2.05) is 6.92 Å². The van der Waals surface area contributed by atoms with Gasteiger partial charge in [0.25, 0.3) is 5.91 Å². The molecule has 0 spiro atoms. The summed E-state index contributed by atoms with van der Waals surface area (Å²) >= 11 is 5.91. The van der Waals surface area contributed by atoms with Gasteiger partial charge in [0, 0.05) is 5.02 Å². The first kappa shape index (κ1) is 15.6. The highest BCUT2D eigenvalue weighted by atomic mass is 35.5. The molecule has 2 N–H and O–H groups in total. The third kappa shape index (κ3) is 3.86. The number of amides is 1. The lowest BCUT2D eigenvalue weighted by molar-refractivity contribution is -0.150. The number of aliphatic carboxylic acids is 1. The van der Waals surface area contributed by atoms with Crippen LogP contribution in [-0.2, 0) is 14.3 Å². The van der Waals surface area contributed by atoms with Crippen molar-refractivity contribution in [2.24, 2.45) is 0 Å². The van der Waals surface area contributed by atoms with Gasteiger partial charge in [-0.15, -0.1) is 0 Å². The zero-order chi connectivity index (χ0) is 15.4. The summed E-state index contributed by atoms with van der Waals surface area (Å²) in [6.07, 6.45) is -1.01. The SMILES string of the molecule is CCOc1ccc(Cl)cc1NC(=O)[C@@H]1CC[C@H](C(=O)O)O1. The number of hydrogen-bond acceptors (Lipinski definition) is 4. The number of anilines is 1. The third-order valence-electron chi connectivity index (χ3n) is 3.09. The van der Waals surface area contributed by atoms with Crippen LogP contribution in [0.1, 0.15) is 19.8 Å². The molecule has 1 aromatic rings. The molecular weight excluding hydrogens is 298 g/mol. The number of carbonyl (C=O) groups excluding carboxylic acids is 1. The molecule has 0 aromatic heterocycles. The molecular formula is C14H16ClNO5. The fourth-order valence-electron chi connectivity index (χ4n) is 2.11. The minimum absolute atomic E-state index is 0.321. The molecule has 1 heterocycles. The van der Waals surface area contributed by atoms with Crippen LogP contribution < -0.4 is 10.1 Å². The van der Waals surface area contributed by atoms with Crippen molar-refractivity contribution in [1.29, 1.82) is 0 Å². The number of rotatable bonds is 5. The van der Waals surface area contributed by atoms with Gasteiger partial charge >= 0.3 is 5.97 Å². The van der Waals surface area contributed by atoms with Crippen molar-refractivity contribution in [3.05, 3.63) is 23.2 Å². The molecule has 0 radical (unpaired) electrons. The Bertz CT molecular complexity index is 548. The predicted molar refractivity (Wildman–Crippen MR) is 76.8 cm³/mol. The van der Waals surface area contributed by atoms with E-state index < -0.39 is 24.1 Å². The molecule has 114 valence electrons. The number of carboxylic acid groups (broad SMARTS) is 1. The van der Waals surface area contributed by atoms with E-state index in [4.69, 9.17) is 26.2 Å². The smallest absolute Gasteiger partial charge is 0.332 e. The Morgan fingerprint density at radius 1 is 1.43 bits per heavy atom. The number of ether oxygens (including phenoxy) is 2. The van der Waals surface area contributed by atoms with Gasteiger partial charge in [-0.2, -0.15) is 0 Å². The summed E-state index contributed by atoms with van der Waals surface area (Å²) < 4.78 is 10.6. The highest BCUT2D eigenvalue weighted by molar-refractivity contribution is 6.31. The molecule has 2 atom stereocenters. The average molecular weight is 314 g/mol. The second-order valence-corrected chi connectivity index (χ2v) is 5.03. The van der Waals surface area contributed by atoms with Crippen molar-refractivity contribution in [2.45, 2.75) is 32.0 Å². The van der Waals surface area contributed by atoms with E-state index in [2.05, 4.69) is 5.32 Å². The molecule has 21 heavy (non-hydrogen) atoms. The number of nitrogens with one attached hydrogen (secondary N) is 1. The Labute approximate surface area is 127 Å². The number of benzene rings is 1. The van der Waals surface area contributed by atoms with Crippen molar-refractivity contribution < 1.29 is 24.2 Å². The summed E-state index contributed by atoms with van der Waals surface area (Å²) in [5, 5.41) is 12.0. The summed E-state index contributed by atoms with van der Waals surface area (Å²) in [5.41, 5.74) is 0.441. The van der Waals surface area contributed by atoms with Gasteiger partial charge in [-0.1, -0.05) is 11.6 Å². The Hall–Kier alpha value is -1.79. The molecule has 1 aliphatic heterocycles. The van der Waals surface area contributed by atoms with E-state index in [0.717, 1.165) is 0 Å². The molecule has 6 nitrogen and oxygen atoms in total. The molecule has 1 aromatic carbocycles. The van der Waals surface area contributed by atoms with Gasteiger partial charge in [-0.05, 0) is 38.0 Å². The maximum atomic E-state index is 12.1. The van der Waals surface area contributed by atoms with Crippen molar-refractivity contribution in [1.82, 2.24) is 0 Å². The molecule has 7 heteroatoms. The van der Waals surface area contributed by atoms with Gasteiger partial charge in [0.2, 0.25) is 0 Å². The summed E-state index contributed by atoms with van der Waals surface area (Å²) in [5.74, 6) is -0.951. The first-order valence-electron chi connectivity index (χ1n) is 6.62. The maximum absolute atomic E-state index is 12.1. The minimum atomic E-state index is -1.05. The second kappa shape index (κ2) is 6.78. The van der Waals surface area contributed by atoms with Crippen LogP contribution in [0, 0.1) is 0 Å². The van der Waals surface area contributed by atoms with E-state index in [1.165, 1.54) is 0 Å². The monoisotopic (exact) mass is 313 g/mol. The molecule has 1 aliphatic rings. The van der Waals surface area contributed by atoms with Crippen molar-refractivity contribution in [2.75, 3.05) is 11.9 Å². The number of halogens is 1. The fraction of sp³-hybridized carbons (Fsp3) is 0.429.